The number of primary amides is 1. The second-order valence-electron chi connectivity index (χ2n) is 4.16. The van der Waals surface area contributed by atoms with Crippen LogP contribution >= 0.6 is 0 Å². The zero-order valence-electron chi connectivity index (χ0n) is 10.3. The van der Waals surface area contributed by atoms with Gasteiger partial charge in [0.05, 0.1) is 11.5 Å². The lowest BCUT2D eigenvalue weighted by Gasteiger charge is -2.19. The van der Waals surface area contributed by atoms with Crippen LogP contribution in [0.3, 0.4) is 0 Å². The Morgan fingerprint density at radius 3 is 2.00 bits per heavy atom. The van der Waals surface area contributed by atoms with E-state index in [2.05, 4.69) is 0 Å². The molecule has 1 atom stereocenters. The minimum atomic E-state index is -4.72. The Balaban J connectivity index is 3.39. The summed E-state index contributed by atoms with van der Waals surface area (Å²) < 4.78 is 37.8. The van der Waals surface area contributed by atoms with Crippen LogP contribution in [0.5, 0.6) is 0 Å². The quantitative estimate of drug-likeness (QED) is 0.703. The van der Waals surface area contributed by atoms with Crippen LogP contribution in [0, 0.1) is 5.92 Å². The molecule has 0 saturated carbocycles. The predicted molar refractivity (Wildman–Crippen MR) is 62.1 cm³/mol. The van der Waals surface area contributed by atoms with Crippen molar-refractivity contribution in [3.8, 4) is 0 Å². The van der Waals surface area contributed by atoms with E-state index in [1.165, 1.54) is 0 Å². The summed E-state index contributed by atoms with van der Waals surface area (Å²) in [5.41, 5.74) is 3.40. The lowest BCUT2D eigenvalue weighted by atomic mass is 9.84. The summed E-state index contributed by atoms with van der Waals surface area (Å²) >= 11 is 0. The fourth-order valence-electron chi connectivity index (χ4n) is 1.82. The molecule has 0 fully saturated rings. The van der Waals surface area contributed by atoms with E-state index in [0.717, 1.165) is 12.1 Å². The van der Waals surface area contributed by atoms with E-state index >= 15 is 0 Å². The van der Waals surface area contributed by atoms with Crippen LogP contribution in [0.15, 0.2) is 24.3 Å². The topological polar surface area (TPSA) is 118 Å². The van der Waals surface area contributed by atoms with Crippen molar-refractivity contribution < 1.29 is 37.8 Å². The van der Waals surface area contributed by atoms with Crippen molar-refractivity contribution in [1.29, 1.82) is 0 Å². The van der Waals surface area contributed by atoms with Gasteiger partial charge in [-0.05, 0) is 11.6 Å². The molecule has 6 nitrogen and oxygen atoms in total. The molecule has 4 N–H and O–H groups in total. The van der Waals surface area contributed by atoms with Crippen LogP contribution in [0.2, 0.25) is 0 Å². The van der Waals surface area contributed by atoms with Gasteiger partial charge in [0.25, 0.3) is 0 Å². The van der Waals surface area contributed by atoms with E-state index in [-0.39, 0.29) is 0 Å². The van der Waals surface area contributed by atoms with Crippen molar-refractivity contribution in [2.24, 2.45) is 11.7 Å². The first-order valence-electron chi connectivity index (χ1n) is 5.47. The third-order valence-corrected chi connectivity index (χ3v) is 2.75. The number of alkyl halides is 3. The SMILES string of the molecule is NC(=O)C(c1cccc(C(F)(F)F)c1)C(C(=O)O)C(=O)O. The van der Waals surface area contributed by atoms with Crippen LogP contribution in [0.1, 0.15) is 17.0 Å². The van der Waals surface area contributed by atoms with Gasteiger partial charge in [0.2, 0.25) is 5.91 Å². The molecule has 9 heteroatoms. The first-order chi connectivity index (χ1) is 9.55. The molecular formula is C12H10F3NO5. The fraction of sp³-hybridized carbons (Fsp3) is 0.250. The number of halogens is 3. The van der Waals surface area contributed by atoms with Crippen LogP contribution in [-0.4, -0.2) is 28.1 Å². The smallest absolute Gasteiger partial charge is 0.416 e. The number of rotatable bonds is 5. The number of carboxylic acid groups (broad SMARTS) is 2. The average molecular weight is 305 g/mol. The highest BCUT2D eigenvalue weighted by atomic mass is 19.4. The number of hydrogen-bond donors (Lipinski definition) is 3. The molecule has 0 aliphatic rings. The lowest BCUT2D eigenvalue weighted by Crippen LogP contribution is -2.37. The van der Waals surface area contributed by atoms with Gasteiger partial charge in [0.1, 0.15) is 0 Å². The van der Waals surface area contributed by atoms with Crippen molar-refractivity contribution in [2.45, 2.75) is 12.1 Å². The third-order valence-electron chi connectivity index (χ3n) is 2.75. The Kier molecular flexibility index (Phi) is 4.56. The van der Waals surface area contributed by atoms with Gasteiger partial charge in [0.15, 0.2) is 5.92 Å². The Morgan fingerprint density at radius 1 is 1.10 bits per heavy atom. The van der Waals surface area contributed by atoms with Crippen LogP contribution in [0.4, 0.5) is 13.2 Å². The minimum Gasteiger partial charge on any atom is -0.481 e. The summed E-state index contributed by atoms with van der Waals surface area (Å²) in [4.78, 5) is 33.2. The number of amides is 1. The molecule has 0 saturated heterocycles. The van der Waals surface area contributed by atoms with E-state index in [0.29, 0.717) is 12.1 Å². The van der Waals surface area contributed by atoms with Crippen LogP contribution in [0.25, 0.3) is 0 Å². The van der Waals surface area contributed by atoms with E-state index in [9.17, 15) is 27.6 Å². The van der Waals surface area contributed by atoms with Crippen LogP contribution in [-0.2, 0) is 20.6 Å². The zero-order valence-corrected chi connectivity index (χ0v) is 10.3. The molecule has 114 valence electrons. The average Bonchev–Trinajstić information content (AvgIpc) is 2.33. The molecule has 21 heavy (non-hydrogen) atoms. The van der Waals surface area contributed by atoms with Gasteiger partial charge in [-0.1, -0.05) is 18.2 Å². The number of carboxylic acids is 2. The predicted octanol–water partition coefficient (Wildman–Crippen LogP) is 1.06. The first kappa shape index (κ1) is 16.5. The highest BCUT2D eigenvalue weighted by Crippen LogP contribution is 2.33. The van der Waals surface area contributed by atoms with Crippen molar-refractivity contribution >= 4 is 17.8 Å². The van der Waals surface area contributed by atoms with Gasteiger partial charge >= 0.3 is 18.1 Å². The van der Waals surface area contributed by atoms with Gasteiger partial charge in [0, 0.05) is 0 Å². The van der Waals surface area contributed by atoms with E-state index < -0.39 is 47.0 Å². The van der Waals surface area contributed by atoms with E-state index in [1.807, 2.05) is 0 Å². The summed E-state index contributed by atoms with van der Waals surface area (Å²) in [6.45, 7) is 0. The number of benzene rings is 1. The number of nitrogens with two attached hydrogens (primary N) is 1. The van der Waals surface area contributed by atoms with Crippen molar-refractivity contribution in [2.75, 3.05) is 0 Å². The molecule has 0 bridgehead atoms. The van der Waals surface area contributed by atoms with Crippen molar-refractivity contribution in [3.63, 3.8) is 0 Å². The molecule has 1 aromatic rings. The van der Waals surface area contributed by atoms with E-state index in [4.69, 9.17) is 15.9 Å². The third kappa shape index (κ3) is 3.71. The van der Waals surface area contributed by atoms with Crippen LogP contribution < -0.4 is 5.73 Å². The normalized spacial score (nSPS) is 13.0. The highest BCUT2D eigenvalue weighted by Gasteiger charge is 2.40. The monoisotopic (exact) mass is 305 g/mol. The van der Waals surface area contributed by atoms with Gasteiger partial charge in [-0.15, -0.1) is 0 Å². The summed E-state index contributed by atoms with van der Waals surface area (Å²) in [6, 6.07) is 3.17. The summed E-state index contributed by atoms with van der Waals surface area (Å²) in [5.74, 6) is -9.27. The van der Waals surface area contributed by atoms with E-state index in [1.54, 1.807) is 0 Å². The summed E-state index contributed by atoms with van der Waals surface area (Å²) in [7, 11) is 0. The maximum atomic E-state index is 12.6. The van der Waals surface area contributed by atoms with Crippen molar-refractivity contribution in [3.05, 3.63) is 35.4 Å². The maximum absolute atomic E-state index is 12.6. The van der Waals surface area contributed by atoms with Crippen molar-refractivity contribution in [1.82, 2.24) is 0 Å². The fourth-order valence-corrected chi connectivity index (χ4v) is 1.82. The largest absolute Gasteiger partial charge is 0.481 e. The number of carbonyl (C=O) groups excluding carboxylic acids is 1. The molecule has 0 heterocycles. The van der Waals surface area contributed by atoms with Gasteiger partial charge in [-0.2, -0.15) is 13.2 Å². The number of hydrogen-bond acceptors (Lipinski definition) is 3. The first-order valence-corrected chi connectivity index (χ1v) is 5.47. The maximum Gasteiger partial charge on any atom is 0.416 e. The molecule has 0 aliphatic carbocycles. The molecule has 1 amide bonds. The molecule has 0 aliphatic heterocycles. The van der Waals surface area contributed by atoms with Gasteiger partial charge < -0.3 is 15.9 Å². The molecule has 1 unspecified atom stereocenters. The zero-order chi connectivity index (χ0) is 16.4. The molecule has 0 spiro atoms. The summed E-state index contributed by atoms with van der Waals surface area (Å²) in [5, 5.41) is 17.7. The second kappa shape index (κ2) is 5.81. The Labute approximate surface area is 116 Å². The van der Waals surface area contributed by atoms with Gasteiger partial charge in [-0.3, -0.25) is 14.4 Å². The summed E-state index contributed by atoms with van der Waals surface area (Å²) in [6.07, 6.45) is -4.72. The molecule has 1 rings (SSSR count). The molecule has 1 aromatic carbocycles. The minimum absolute atomic E-state index is 0.424. The highest BCUT2D eigenvalue weighted by molar-refractivity contribution is 6.00. The van der Waals surface area contributed by atoms with Gasteiger partial charge in [-0.25, -0.2) is 0 Å². The number of carbonyl (C=O) groups is 3. The molecule has 0 radical (unpaired) electrons. The Bertz CT molecular complexity index is 571. The lowest BCUT2D eigenvalue weighted by molar-refractivity contribution is -0.157. The number of aliphatic carboxylic acids is 2. The molecular weight excluding hydrogens is 295 g/mol. The Morgan fingerprint density at radius 2 is 1.62 bits per heavy atom. The molecule has 0 aromatic heterocycles. The second-order valence-corrected chi connectivity index (χ2v) is 4.16. The standard InChI is InChI=1S/C12H10F3NO5/c13-12(14,15)6-3-1-2-5(4-6)7(9(16)17)8(10(18)19)11(20)21/h1-4,7-8H,(H2,16,17)(H,18,19)(H,20,21). The Hall–Kier alpha value is -2.58.